The molecule has 1 aliphatic rings. The number of carboxylic acid groups (broad SMARTS) is 1. The SMILES string of the molecule is Cc1cc(Nc2cncc(C(F)(F)F)n2)cc(-c2cnc([C@@]3(O)CC[C@@H](C(=O)O)C(C)(C)C3)s2)c1. The summed E-state index contributed by atoms with van der Waals surface area (Å²) in [4.78, 5) is 24.1. The van der Waals surface area contributed by atoms with Crippen molar-refractivity contribution in [3.8, 4) is 10.4 Å². The van der Waals surface area contributed by atoms with Gasteiger partial charge in [0, 0.05) is 11.9 Å². The normalized spacial score (nSPS) is 22.1. The molecule has 1 aliphatic carbocycles. The molecule has 0 aliphatic heterocycles. The van der Waals surface area contributed by atoms with Crippen LogP contribution in [0.5, 0.6) is 0 Å². The number of carbonyl (C=O) groups is 1. The number of rotatable bonds is 5. The molecule has 186 valence electrons. The van der Waals surface area contributed by atoms with Crippen molar-refractivity contribution in [3.05, 3.63) is 53.1 Å². The van der Waals surface area contributed by atoms with Crippen molar-refractivity contribution in [1.82, 2.24) is 15.0 Å². The van der Waals surface area contributed by atoms with Crippen molar-refractivity contribution < 1.29 is 28.2 Å². The average molecular weight is 507 g/mol. The summed E-state index contributed by atoms with van der Waals surface area (Å²) in [5.74, 6) is -1.43. The molecule has 11 heteroatoms. The first kappa shape index (κ1) is 25.1. The van der Waals surface area contributed by atoms with Crippen molar-refractivity contribution in [3.63, 3.8) is 0 Å². The fraction of sp³-hybridized carbons (Fsp3) is 0.417. The molecule has 1 aromatic carbocycles. The molecular weight excluding hydrogens is 481 g/mol. The molecule has 0 saturated heterocycles. The maximum absolute atomic E-state index is 13.0. The minimum absolute atomic E-state index is 0.0342. The van der Waals surface area contributed by atoms with Crippen molar-refractivity contribution in [1.29, 1.82) is 0 Å². The maximum Gasteiger partial charge on any atom is 0.434 e. The lowest BCUT2D eigenvalue weighted by Crippen LogP contribution is -2.44. The molecule has 7 nitrogen and oxygen atoms in total. The van der Waals surface area contributed by atoms with Crippen LogP contribution in [0.2, 0.25) is 0 Å². The van der Waals surface area contributed by atoms with E-state index in [0.29, 0.717) is 29.7 Å². The summed E-state index contributed by atoms with van der Waals surface area (Å²) in [5.41, 5.74) is -0.741. The van der Waals surface area contributed by atoms with Crippen LogP contribution in [0.3, 0.4) is 0 Å². The van der Waals surface area contributed by atoms with Crippen molar-refractivity contribution in [2.24, 2.45) is 11.3 Å². The number of aliphatic hydroxyl groups is 1. The van der Waals surface area contributed by atoms with Crippen LogP contribution in [0.4, 0.5) is 24.7 Å². The summed E-state index contributed by atoms with van der Waals surface area (Å²) in [7, 11) is 0. The quantitative estimate of drug-likeness (QED) is 0.403. The second kappa shape index (κ2) is 8.87. The fourth-order valence-electron chi connectivity index (χ4n) is 4.71. The number of halogens is 3. The number of nitrogens with zero attached hydrogens (tertiary/aromatic N) is 3. The van der Waals surface area contributed by atoms with Crippen LogP contribution < -0.4 is 5.32 Å². The minimum atomic E-state index is -4.60. The van der Waals surface area contributed by atoms with E-state index >= 15 is 0 Å². The van der Waals surface area contributed by atoms with Gasteiger partial charge in [0.25, 0.3) is 0 Å². The third kappa shape index (κ3) is 5.30. The average Bonchev–Trinajstić information content (AvgIpc) is 3.23. The predicted molar refractivity (Wildman–Crippen MR) is 125 cm³/mol. The van der Waals surface area contributed by atoms with Crippen LogP contribution in [0.1, 0.15) is 49.4 Å². The second-order valence-electron chi connectivity index (χ2n) is 9.66. The van der Waals surface area contributed by atoms with Gasteiger partial charge >= 0.3 is 12.1 Å². The number of hydrogen-bond donors (Lipinski definition) is 3. The van der Waals surface area contributed by atoms with Gasteiger partial charge in [0.1, 0.15) is 16.4 Å². The molecule has 3 aromatic rings. The Morgan fingerprint density at radius 2 is 1.94 bits per heavy atom. The monoisotopic (exact) mass is 506 g/mol. The number of anilines is 2. The van der Waals surface area contributed by atoms with E-state index in [1.54, 1.807) is 18.3 Å². The number of benzene rings is 1. The van der Waals surface area contributed by atoms with Crippen LogP contribution in [0.25, 0.3) is 10.4 Å². The standard InChI is InChI=1S/C24H25F3N4O3S/c1-13-6-14(8-15(7-13)30-19-11-28-10-18(31-19)24(25,26)27)17-9-29-21(35-17)23(34)5-4-16(20(32)33)22(2,3)12-23/h6-11,16,34H,4-5,12H2,1-3H3,(H,30,31)(H,32,33)/t16-,23+/m0/s1. The highest BCUT2D eigenvalue weighted by Crippen LogP contribution is 2.51. The molecule has 2 heterocycles. The van der Waals surface area contributed by atoms with E-state index in [4.69, 9.17) is 0 Å². The van der Waals surface area contributed by atoms with Gasteiger partial charge in [0.15, 0.2) is 5.69 Å². The van der Waals surface area contributed by atoms with Gasteiger partial charge in [-0.2, -0.15) is 13.2 Å². The van der Waals surface area contributed by atoms with Gasteiger partial charge in [-0.25, -0.2) is 9.97 Å². The molecule has 1 saturated carbocycles. The van der Waals surface area contributed by atoms with Gasteiger partial charge in [-0.3, -0.25) is 9.78 Å². The smallest absolute Gasteiger partial charge is 0.434 e. The van der Waals surface area contributed by atoms with Gasteiger partial charge < -0.3 is 15.5 Å². The van der Waals surface area contributed by atoms with Crippen LogP contribution in [0, 0.1) is 18.3 Å². The molecule has 35 heavy (non-hydrogen) atoms. The zero-order chi connectivity index (χ0) is 25.6. The Hall–Kier alpha value is -3.05. The molecule has 1 fully saturated rings. The summed E-state index contributed by atoms with van der Waals surface area (Å²) in [5, 5.41) is 24.3. The molecular formula is C24H25F3N4O3S. The van der Waals surface area contributed by atoms with E-state index in [-0.39, 0.29) is 12.2 Å². The molecule has 2 aromatic heterocycles. The maximum atomic E-state index is 13.0. The lowest BCUT2D eigenvalue weighted by Gasteiger charge is -2.44. The van der Waals surface area contributed by atoms with E-state index in [9.17, 15) is 28.2 Å². The minimum Gasteiger partial charge on any atom is -0.481 e. The van der Waals surface area contributed by atoms with Crippen LogP contribution >= 0.6 is 11.3 Å². The Morgan fingerprint density at radius 1 is 1.20 bits per heavy atom. The van der Waals surface area contributed by atoms with Gasteiger partial charge in [0.05, 0.1) is 23.2 Å². The Balaban J connectivity index is 1.59. The summed E-state index contributed by atoms with van der Waals surface area (Å²) in [6, 6.07) is 5.45. The Bertz CT molecular complexity index is 1260. The summed E-state index contributed by atoms with van der Waals surface area (Å²) >= 11 is 1.32. The van der Waals surface area contributed by atoms with E-state index in [2.05, 4.69) is 20.3 Å². The molecule has 0 amide bonds. The van der Waals surface area contributed by atoms with Crippen molar-refractivity contribution >= 4 is 28.8 Å². The van der Waals surface area contributed by atoms with Gasteiger partial charge in [-0.1, -0.05) is 19.9 Å². The van der Waals surface area contributed by atoms with Gasteiger partial charge in [-0.05, 0) is 54.9 Å². The number of hydrogen-bond acceptors (Lipinski definition) is 7. The van der Waals surface area contributed by atoms with Crippen LogP contribution in [0.15, 0.2) is 36.8 Å². The highest BCUT2D eigenvalue weighted by atomic mass is 32.1. The predicted octanol–water partition coefficient (Wildman–Crippen LogP) is 5.77. The largest absolute Gasteiger partial charge is 0.481 e. The number of aliphatic carboxylic acids is 1. The summed E-state index contributed by atoms with van der Waals surface area (Å²) < 4.78 is 38.9. The molecule has 0 unspecified atom stereocenters. The zero-order valence-electron chi connectivity index (χ0n) is 19.3. The molecule has 3 N–H and O–H groups in total. The first-order valence-corrected chi connectivity index (χ1v) is 11.8. The van der Waals surface area contributed by atoms with E-state index < -0.39 is 34.8 Å². The van der Waals surface area contributed by atoms with Crippen LogP contribution in [-0.4, -0.2) is 31.1 Å². The van der Waals surface area contributed by atoms with Gasteiger partial charge in [0.2, 0.25) is 0 Å². The number of aromatic nitrogens is 3. The summed E-state index contributed by atoms with van der Waals surface area (Å²) in [6.45, 7) is 5.55. The first-order chi connectivity index (χ1) is 16.3. The first-order valence-electron chi connectivity index (χ1n) is 11.0. The van der Waals surface area contributed by atoms with Crippen LogP contribution in [-0.2, 0) is 16.6 Å². The lowest BCUT2D eigenvalue weighted by atomic mass is 9.63. The Kier molecular flexibility index (Phi) is 6.35. The van der Waals surface area contributed by atoms with E-state index in [0.717, 1.165) is 16.0 Å². The number of aryl methyl sites for hydroxylation is 1. The topological polar surface area (TPSA) is 108 Å². The van der Waals surface area contributed by atoms with Gasteiger partial charge in [-0.15, -0.1) is 11.3 Å². The van der Waals surface area contributed by atoms with E-state index in [1.165, 1.54) is 17.5 Å². The highest BCUT2D eigenvalue weighted by molar-refractivity contribution is 7.15. The number of alkyl halides is 3. The third-order valence-electron chi connectivity index (χ3n) is 6.30. The molecule has 0 spiro atoms. The molecule has 0 radical (unpaired) electrons. The lowest BCUT2D eigenvalue weighted by molar-refractivity contribution is -0.154. The zero-order valence-corrected chi connectivity index (χ0v) is 20.2. The fourth-order valence-corrected chi connectivity index (χ4v) is 5.73. The highest BCUT2D eigenvalue weighted by Gasteiger charge is 2.49. The Morgan fingerprint density at radius 3 is 2.60 bits per heavy atom. The number of nitrogens with one attached hydrogen (secondary N) is 1. The molecule has 2 atom stereocenters. The number of carboxylic acids is 1. The summed E-state index contributed by atoms with van der Waals surface area (Å²) in [6.07, 6.45) is -0.135. The molecule has 0 bridgehead atoms. The molecule has 4 rings (SSSR count). The van der Waals surface area contributed by atoms with Crippen molar-refractivity contribution in [2.75, 3.05) is 5.32 Å². The second-order valence-corrected chi connectivity index (χ2v) is 10.7. The Labute approximate surface area is 204 Å². The third-order valence-corrected chi connectivity index (χ3v) is 7.54. The number of thiazole rings is 1. The van der Waals surface area contributed by atoms with Crippen molar-refractivity contribution in [2.45, 2.75) is 51.8 Å². The van der Waals surface area contributed by atoms with E-state index in [1.807, 2.05) is 26.8 Å².